The van der Waals surface area contributed by atoms with Crippen LogP contribution < -0.4 is 4.90 Å². The summed E-state index contributed by atoms with van der Waals surface area (Å²) in [5.74, 6) is 2.26. The van der Waals surface area contributed by atoms with E-state index < -0.39 is 0 Å². The Morgan fingerprint density at radius 2 is 1.34 bits per heavy atom. The average Bonchev–Trinajstić information content (AvgIpc) is 2.86. The quantitative estimate of drug-likeness (QED) is 0.390. The fraction of sp³-hybridized carbons (Fsp3) is 0.765. The van der Waals surface area contributed by atoms with E-state index in [2.05, 4.69) is 78.5 Å². The minimum atomic E-state index is 0.218. The summed E-state index contributed by atoms with van der Waals surface area (Å²) in [7, 11) is 0. The van der Waals surface area contributed by atoms with Crippen molar-refractivity contribution in [2.45, 2.75) is 152 Å². The van der Waals surface area contributed by atoms with E-state index in [1.807, 2.05) is 27.7 Å². The summed E-state index contributed by atoms with van der Waals surface area (Å²) in [6, 6.07) is 8.20. The number of nitrogens with zero attached hydrogens (tertiary/aromatic N) is 1. The Morgan fingerprint density at radius 3 is 1.86 bits per heavy atom. The van der Waals surface area contributed by atoms with E-state index >= 15 is 0 Å². The highest BCUT2D eigenvalue weighted by molar-refractivity contribution is 5.61. The van der Waals surface area contributed by atoms with Crippen LogP contribution in [0.2, 0.25) is 0 Å². The lowest BCUT2D eigenvalue weighted by atomic mass is 9.65. The molecule has 5 rings (SSSR count). The first-order chi connectivity index (χ1) is 16.6. The summed E-state index contributed by atoms with van der Waals surface area (Å²) < 4.78 is 0. The maximum Gasteiger partial charge on any atom is 0.0414 e. The van der Waals surface area contributed by atoms with Gasteiger partial charge in [-0.3, -0.25) is 0 Å². The van der Waals surface area contributed by atoms with Gasteiger partial charge in [-0.1, -0.05) is 88.6 Å². The molecule has 1 saturated carbocycles. The van der Waals surface area contributed by atoms with Crippen LogP contribution in [0.15, 0.2) is 29.5 Å². The van der Waals surface area contributed by atoms with Crippen LogP contribution in [0.3, 0.4) is 0 Å². The van der Waals surface area contributed by atoms with Crippen LogP contribution in [0, 0.1) is 16.7 Å². The lowest BCUT2D eigenvalue weighted by Gasteiger charge is -2.51. The minimum absolute atomic E-state index is 0.218. The second-order valence-corrected chi connectivity index (χ2v) is 12.6. The molecule has 2 bridgehead atoms. The summed E-state index contributed by atoms with van der Waals surface area (Å²) in [6.45, 7) is 27.6. The third kappa shape index (κ3) is 6.02. The zero-order valence-electron chi connectivity index (χ0n) is 25.6. The number of anilines is 1. The topological polar surface area (TPSA) is 3.24 Å². The van der Waals surface area contributed by atoms with Gasteiger partial charge in [-0.2, -0.15) is 0 Å². The van der Waals surface area contributed by atoms with Gasteiger partial charge in [0.15, 0.2) is 0 Å². The van der Waals surface area contributed by atoms with Crippen molar-refractivity contribution < 1.29 is 0 Å². The molecular weight excluding hydrogens is 422 g/mol. The SMILES string of the molecule is CC.CC.CCCC(C(C)C)N(C1=C(C)C(C)(C)CCC1(C)C)c1ccc2c(c1)C1CCC2CC1. The number of fused-ring (bicyclic) bond motifs is 2. The van der Waals surface area contributed by atoms with E-state index in [-0.39, 0.29) is 10.8 Å². The summed E-state index contributed by atoms with van der Waals surface area (Å²) >= 11 is 0. The van der Waals surface area contributed by atoms with Crippen molar-refractivity contribution in [1.29, 1.82) is 0 Å². The van der Waals surface area contributed by atoms with Crippen LogP contribution in [-0.2, 0) is 0 Å². The van der Waals surface area contributed by atoms with Crippen molar-refractivity contribution in [1.82, 2.24) is 0 Å². The van der Waals surface area contributed by atoms with Gasteiger partial charge in [0.1, 0.15) is 0 Å². The lowest BCUT2D eigenvalue weighted by Crippen LogP contribution is -2.46. The molecule has 0 aliphatic heterocycles. The fourth-order valence-electron chi connectivity index (χ4n) is 6.96. The third-order valence-corrected chi connectivity index (χ3v) is 9.27. The Morgan fingerprint density at radius 1 is 0.829 bits per heavy atom. The lowest BCUT2D eigenvalue weighted by molar-refractivity contribution is 0.246. The Kier molecular flexibility index (Phi) is 10.6. The number of hydrogen-bond acceptors (Lipinski definition) is 1. The molecule has 0 spiro atoms. The largest absolute Gasteiger partial charge is 0.341 e. The van der Waals surface area contributed by atoms with Gasteiger partial charge < -0.3 is 4.90 Å². The van der Waals surface area contributed by atoms with Crippen molar-refractivity contribution in [2.75, 3.05) is 4.90 Å². The Balaban J connectivity index is 0.00000103. The molecule has 0 aromatic heterocycles. The van der Waals surface area contributed by atoms with Gasteiger partial charge in [0.2, 0.25) is 0 Å². The standard InChI is InChI=1S/C30H47N.2C2H6/c1-9-10-27(20(2)3)31(28-21(4)29(5,6)17-18-30(28,7)8)24-15-16-25-22-11-13-23(14-12-22)26(25)19-24;2*1-2/h15-16,19-20,22-23,27H,9-14,17-18H2,1-8H3;2*1-2H3. The van der Waals surface area contributed by atoms with Crippen molar-refractivity contribution in [3.63, 3.8) is 0 Å². The molecule has 0 saturated heterocycles. The van der Waals surface area contributed by atoms with E-state index in [0.29, 0.717) is 12.0 Å². The normalized spacial score (nSPS) is 24.6. The van der Waals surface area contributed by atoms with E-state index in [1.165, 1.54) is 57.1 Å². The van der Waals surface area contributed by atoms with Gasteiger partial charge in [-0.15, -0.1) is 0 Å². The molecule has 4 aliphatic carbocycles. The van der Waals surface area contributed by atoms with Crippen LogP contribution >= 0.6 is 0 Å². The zero-order valence-corrected chi connectivity index (χ0v) is 25.6. The molecule has 0 N–H and O–H groups in total. The van der Waals surface area contributed by atoms with E-state index in [4.69, 9.17) is 0 Å². The molecule has 1 unspecified atom stereocenters. The first-order valence-electron chi connectivity index (χ1n) is 15.2. The van der Waals surface area contributed by atoms with Crippen LogP contribution in [0.4, 0.5) is 5.69 Å². The summed E-state index contributed by atoms with van der Waals surface area (Å²) in [5.41, 5.74) is 8.58. The molecule has 1 heteroatoms. The van der Waals surface area contributed by atoms with Gasteiger partial charge in [0.25, 0.3) is 0 Å². The second-order valence-electron chi connectivity index (χ2n) is 12.6. The summed E-state index contributed by atoms with van der Waals surface area (Å²) in [6.07, 6.45) is 10.7. The van der Waals surface area contributed by atoms with Gasteiger partial charge in [0, 0.05) is 22.8 Å². The van der Waals surface area contributed by atoms with Gasteiger partial charge >= 0.3 is 0 Å². The zero-order chi connectivity index (χ0) is 26.6. The highest BCUT2D eigenvalue weighted by Gasteiger charge is 2.43. The van der Waals surface area contributed by atoms with E-state index in [0.717, 1.165) is 11.8 Å². The number of allylic oxidation sites excluding steroid dienone is 2. The van der Waals surface area contributed by atoms with Crippen molar-refractivity contribution in [2.24, 2.45) is 16.7 Å². The smallest absolute Gasteiger partial charge is 0.0414 e. The first-order valence-corrected chi connectivity index (χ1v) is 15.2. The number of hydrogen-bond donors (Lipinski definition) is 0. The molecule has 35 heavy (non-hydrogen) atoms. The van der Waals surface area contributed by atoms with Crippen molar-refractivity contribution in [3.05, 3.63) is 40.6 Å². The van der Waals surface area contributed by atoms with E-state index in [1.54, 1.807) is 22.4 Å². The van der Waals surface area contributed by atoms with Gasteiger partial charge in [0.05, 0.1) is 0 Å². The Labute approximate surface area is 220 Å². The maximum absolute atomic E-state index is 2.84. The van der Waals surface area contributed by atoms with Crippen molar-refractivity contribution >= 4 is 5.69 Å². The summed E-state index contributed by atoms with van der Waals surface area (Å²) in [5, 5.41) is 0. The predicted molar refractivity (Wildman–Crippen MR) is 159 cm³/mol. The van der Waals surface area contributed by atoms with Crippen molar-refractivity contribution in [3.8, 4) is 0 Å². The molecule has 200 valence electrons. The molecular formula is C34H59N. The highest BCUT2D eigenvalue weighted by atomic mass is 15.2. The fourth-order valence-corrected chi connectivity index (χ4v) is 6.96. The molecule has 1 aromatic carbocycles. The Bertz CT molecular complexity index is 832. The second kappa shape index (κ2) is 12.3. The van der Waals surface area contributed by atoms with Crippen LogP contribution in [-0.4, -0.2) is 6.04 Å². The monoisotopic (exact) mass is 481 g/mol. The number of benzene rings is 1. The molecule has 1 atom stereocenters. The van der Waals surface area contributed by atoms with E-state index in [9.17, 15) is 0 Å². The minimum Gasteiger partial charge on any atom is -0.341 e. The molecule has 0 radical (unpaired) electrons. The maximum atomic E-state index is 2.84. The molecule has 0 amide bonds. The summed E-state index contributed by atoms with van der Waals surface area (Å²) in [4.78, 5) is 2.84. The first kappa shape index (κ1) is 30.0. The Hall–Kier alpha value is -1.24. The predicted octanol–water partition coefficient (Wildman–Crippen LogP) is 11.2. The van der Waals surface area contributed by atoms with Gasteiger partial charge in [-0.25, -0.2) is 0 Å². The molecule has 4 aliphatic rings. The van der Waals surface area contributed by atoms with Crippen LogP contribution in [0.5, 0.6) is 0 Å². The molecule has 1 nitrogen and oxygen atoms in total. The average molecular weight is 482 g/mol. The molecule has 1 fully saturated rings. The molecule has 0 heterocycles. The van der Waals surface area contributed by atoms with Crippen LogP contribution in [0.25, 0.3) is 0 Å². The number of rotatable bonds is 6. The third-order valence-electron chi connectivity index (χ3n) is 9.27. The van der Waals surface area contributed by atoms with Gasteiger partial charge in [-0.05, 0) is 104 Å². The molecule has 1 aromatic rings. The van der Waals surface area contributed by atoms with Crippen LogP contribution in [0.1, 0.15) is 157 Å². The highest BCUT2D eigenvalue weighted by Crippen LogP contribution is 2.54.